The van der Waals surface area contributed by atoms with Crippen molar-refractivity contribution in [2.75, 3.05) is 25.5 Å². The second-order valence-electron chi connectivity index (χ2n) is 5.28. The van der Waals surface area contributed by atoms with E-state index in [9.17, 15) is 4.79 Å². The molecule has 2 heterocycles. The van der Waals surface area contributed by atoms with E-state index in [2.05, 4.69) is 34.6 Å². The number of carbonyl (C=O) groups is 1. The molecule has 0 saturated carbocycles. The summed E-state index contributed by atoms with van der Waals surface area (Å²) in [4.78, 5) is 18.3. The summed E-state index contributed by atoms with van der Waals surface area (Å²) in [5, 5.41) is 2.89. The van der Waals surface area contributed by atoms with Crippen molar-refractivity contribution >= 4 is 11.7 Å². The maximum Gasteiger partial charge on any atom is 0.321 e. The highest BCUT2D eigenvalue weighted by atomic mass is 16.5. The molecule has 5 heteroatoms. The van der Waals surface area contributed by atoms with Crippen LogP contribution >= 0.6 is 0 Å². The molecule has 116 valence electrons. The van der Waals surface area contributed by atoms with Crippen LogP contribution in [0.2, 0.25) is 0 Å². The fourth-order valence-electron chi connectivity index (χ4n) is 2.65. The van der Waals surface area contributed by atoms with Crippen molar-refractivity contribution in [3.8, 4) is 5.88 Å². The molecular formula is C17H21N3O2. The van der Waals surface area contributed by atoms with Gasteiger partial charge in [-0.1, -0.05) is 24.3 Å². The molecule has 0 bridgehead atoms. The van der Waals surface area contributed by atoms with Gasteiger partial charge in [-0.05, 0) is 30.0 Å². The van der Waals surface area contributed by atoms with E-state index < -0.39 is 0 Å². The Balaban J connectivity index is 0.00000192. The van der Waals surface area contributed by atoms with Gasteiger partial charge in [-0.3, -0.25) is 0 Å². The van der Waals surface area contributed by atoms with E-state index in [4.69, 9.17) is 4.74 Å². The van der Waals surface area contributed by atoms with Gasteiger partial charge in [-0.15, -0.1) is 0 Å². The number of nitrogens with one attached hydrogen (secondary N) is 1. The third-order valence-electron chi connectivity index (χ3n) is 3.90. The summed E-state index contributed by atoms with van der Waals surface area (Å²) in [6.07, 6.45) is 3.39. The summed E-state index contributed by atoms with van der Waals surface area (Å²) in [5.41, 5.74) is 3.35. The first-order valence-corrected chi connectivity index (χ1v) is 7.39. The highest BCUT2D eigenvalue weighted by molar-refractivity contribution is 5.89. The van der Waals surface area contributed by atoms with Gasteiger partial charge in [0.05, 0.1) is 19.0 Å². The zero-order valence-corrected chi connectivity index (χ0v) is 12.6. The van der Waals surface area contributed by atoms with Crippen LogP contribution in [0.1, 0.15) is 12.6 Å². The number of carbonyl (C=O) groups excluding carboxylic acids is 1. The number of benzene rings is 1. The fourth-order valence-corrected chi connectivity index (χ4v) is 2.65. The molecule has 5 nitrogen and oxygen atoms in total. The first kappa shape index (κ1) is 14.4. The highest BCUT2D eigenvalue weighted by Gasteiger charge is 2.18. The fraction of sp³-hybridized carbons (Fsp3) is 0.294. The Morgan fingerprint density at radius 1 is 1.18 bits per heavy atom. The molecule has 1 aromatic heterocycles. The third-order valence-corrected chi connectivity index (χ3v) is 3.90. The Morgan fingerprint density at radius 2 is 1.86 bits per heavy atom. The SMILES string of the molecule is COc1ccc(NC(=O)N2CCc3ccccc3CC2)cn1.[HH]. The lowest BCUT2D eigenvalue weighted by atomic mass is 10.0. The van der Waals surface area contributed by atoms with E-state index in [1.165, 1.54) is 11.1 Å². The molecule has 22 heavy (non-hydrogen) atoms. The summed E-state index contributed by atoms with van der Waals surface area (Å²) in [7, 11) is 1.56. The van der Waals surface area contributed by atoms with Gasteiger partial charge >= 0.3 is 6.03 Å². The lowest BCUT2D eigenvalue weighted by Gasteiger charge is -2.20. The van der Waals surface area contributed by atoms with Crippen LogP contribution in [0.25, 0.3) is 0 Å². The molecule has 0 spiro atoms. The van der Waals surface area contributed by atoms with Crippen molar-refractivity contribution in [3.05, 3.63) is 53.7 Å². The summed E-state index contributed by atoms with van der Waals surface area (Å²) < 4.78 is 5.01. The standard InChI is InChI=1S/C17H19N3O2.H2/c1-22-16-7-6-15(12-18-16)19-17(21)20-10-8-13-4-2-3-5-14(13)9-11-20;/h2-7,12H,8-11H2,1H3,(H,19,21);1H. The monoisotopic (exact) mass is 299 g/mol. The number of urea groups is 1. The topological polar surface area (TPSA) is 54.5 Å². The van der Waals surface area contributed by atoms with Crippen LogP contribution in [-0.4, -0.2) is 36.1 Å². The number of aromatic nitrogens is 1. The van der Waals surface area contributed by atoms with Crippen molar-refractivity contribution in [3.63, 3.8) is 0 Å². The van der Waals surface area contributed by atoms with Crippen LogP contribution in [0.5, 0.6) is 5.88 Å². The van der Waals surface area contributed by atoms with Gasteiger partial charge in [0.2, 0.25) is 5.88 Å². The Labute approximate surface area is 131 Å². The Morgan fingerprint density at radius 3 is 2.41 bits per heavy atom. The average molecular weight is 299 g/mol. The quantitative estimate of drug-likeness (QED) is 0.927. The number of amides is 2. The lowest BCUT2D eigenvalue weighted by Crippen LogP contribution is -2.36. The predicted molar refractivity (Wildman–Crippen MR) is 87.3 cm³/mol. The first-order chi connectivity index (χ1) is 10.8. The van der Waals surface area contributed by atoms with Gasteiger partial charge < -0.3 is 15.0 Å². The summed E-state index contributed by atoms with van der Waals surface area (Å²) in [5.74, 6) is 0.531. The third kappa shape index (κ3) is 3.19. The zero-order valence-electron chi connectivity index (χ0n) is 12.6. The molecule has 1 N–H and O–H groups in total. The van der Waals surface area contributed by atoms with Crippen molar-refractivity contribution in [1.82, 2.24) is 9.88 Å². The number of hydrogen-bond donors (Lipinski definition) is 1. The average Bonchev–Trinajstić information content (AvgIpc) is 2.78. The molecule has 0 fully saturated rings. The van der Waals surface area contributed by atoms with E-state index >= 15 is 0 Å². The maximum absolute atomic E-state index is 12.4. The molecule has 3 rings (SSSR count). The van der Waals surface area contributed by atoms with E-state index in [0.29, 0.717) is 11.6 Å². The molecule has 0 atom stereocenters. The van der Waals surface area contributed by atoms with Crippen LogP contribution < -0.4 is 10.1 Å². The Hall–Kier alpha value is -2.56. The second-order valence-corrected chi connectivity index (χ2v) is 5.28. The number of nitrogens with zero attached hydrogens (tertiary/aromatic N) is 2. The zero-order chi connectivity index (χ0) is 15.4. The van der Waals surface area contributed by atoms with E-state index in [0.717, 1.165) is 25.9 Å². The summed E-state index contributed by atoms with van der Waals surface area (Å²) in [6.45, 7) is 1.46. The van der Waals surface area contributed by atoms with Crippen LogP contribution in [-0.2, 0) is 12.8 Å². The summed E-state index contributed by atoms with van der Waals surface area (Å²) in [6, 6.07) is 11.8. The van der Waals surface area contributed by atoms with Crippen molar-refractivity contribution < 1.29 is 11.0 Å². The number of rotatable bonds is 2. The van der Waals surface area contributed by atoms with E-state index in [1.54, 1.807) is 25.4 Å². The smallest absolute Gasteiger partial charge is 0.321 e. The van der Waals surface area contributed by atoms with E-state index in [-0.39, 0.29) is 7.46 Å². The molecule has 2 aromatic rings. The van der Waals surface area contributed by atoms with Gasteiger partial charge in [0.25, 0.3) is 0 Å². The van der Waals surface area contributed by atoms with Gasteiger partial charge in [0.15, 0.2) is 0 Å². The van der Waals surface area contributed by atoms with E-state index in [1.807, 2.05) is 4.90 Å². The van der Waals surface area contributed by atoms with Crippen molar-refractivity contribution in [2.24, 2.45) is 0 Å². The van der Waals surface area contributed by atoms with Gasteiger partial charge in [-0.2, -0.15) is 0 Å². The Bertz CT molecular complexity index is 634. The number of pyridine rings is 1. The predicted octanol–water partition coefficient (Wildman–Crippen LogP) is 2.97. The molecule has 1 aliphatic rings. The molecule has 0 unspecified atom stereocenters. The molecule has 0 saturated heterocycles. The molecule has 0 radical (unpaired) electrons. The number of anilines is 1. The summed E-state index contributed by atoms with van der Waals surface area (Å²) >= 11 is 0. The van der Waals surface area contributed by atoms with Crippen molar-refractivity contribution in [1.29, 1.82) is 0 Å². The van der Waals surface area contributed by atoms with Crippen LogP contribution in [0, 0.1) is 0 Å². The van der Waals surface area contributed by atoms with Crippen LogP contribution in [0.4, 0.5) is 10.5 Å². The normalized spacial score (nSPS) is 14.0. The van der Waals surface area contributed by atoms with Gasteiger partial charge in [0, 0.05) is 20.6 Å². The van der Waals surface area contributed by atoms with Crippen molar-refractivity contribution in [2.45, 2.75) is 12.8 Å². The lowest BCUT2D eigenvalue weighted by molar-refractivity contribution is 0.214. The largest absolute Gasteiger partial charge is 0.481 e. The molecule has 1 aromatic carbocycles. The minimum absolute atomic E-state index is 0. The molecule has 0 aliphatic carbocycles. The molecule has 1 aliphatic heterocycles. The highest BCUT2D eigenvalue weighted by Crippen LogP contribution is 2.17. The number of methoxy groups -OCH3 is 1. The first-order valence-electron chi connectivity index (χ1n) is 7.39. The van der Waals surface area contributed by atoms with Crippen LogP contribution in [0.15, 0.2) is 42.6 Å². The number of fused-ring (bicyclic) bond motifs is 1. The molecule has 2 amide bonds. The molecular weight excluding hydrogens is 278 g/mol. The van der Waals surface area contributed by atoms with Gasteiger partial charge in [0.1, 0.15) is 0 Å². The maximum atomic E-state index is 12.4. The second kappa shape index (κ2) is 6.47. The Kier molecular flexibility index (Phi) is 4.23. The number of hydrogen-bond acceptors (Lipinski definition) is 3. The number of ether oxygens (including phenoxy) is 1. The minimum atomic E-state index is -0.0835. The van der Waals surface area contributed by atoms with Crippen LogP contribution in [0.3, 0.4) is 0 Å². The van der Waals surface area contributed by atoms with Gasteiger partial charge in [-0.25, -0.2) is 9.78 Å². The minimum Gasteiger partial charge on any atom is -0.481 e.